The molecule has 0 aromatic rings. The molecule has 0 heterocycles. The van der Waals surface area contributed by atoms with Crippen molar-refractivity contribution in [2.45, 2.75) is 123 Å². The fourth-order valence-electron chi connectivity index (χ4n) is 4.38. The summed E-state index contributed by atoms with van der Waals surface area (Å²) in [5, 5.41) is 27.9. The van der Waals surface area contributed by atoms with Gasteiger partial charge >= 0.3 is 28.2 Å². The van der Waals surface area contributed by atoms with Crippen LogP contribution in [-0.2, 0) is 29.5 Å². The number of nitrogens with zero attached hydrogens (tertiary/aromatic N) is 1. The molecular weight excluding hydrogens is 518 g/mol. The van der Waals surface area contributed by atoms with Crippen molar-refractivity contribution in [1.29, 1.82) is 0 Å². The Morgan fingerprint density at radius 1 is 0.684 bits per heavy atom. The van der Waals surface area contributed by atoms with Gasteiger partial charge in [0.15, 0.2) is 5.41 Å². The average Bonchev–Trinajstić information content (AvgIpc) is 2.82. The van der Waals surface area contributed by atoms with E-state index in [9.17, 15) is 47.5 Å². The Balaban J connectivity index is 4.41. The van der Waals surface area contributed by atoms with Gasteiger partial charge in [-0.05, 0) is 13.3 Å². The summed E-state index contributed by atoms with van der Waals surface area (Å²) in [6, 6.07) is 0. The number of carboxylic acid groups (broad SMARTS) is 3. The number of aliphatic carboxylic acids is 3. The van der Waals surface area contributed by atoms with Gasteiger partial charge in [-0.2, -0.15) is 8.42 Å². The van der Waals surface area contributed by atoms with Crippen LogP contribution in [0.5, 0.6) is 0 Å². The third-order valence-electron chi connectivity index (χ3n) is 7.03. The topological polar surface area (TPSA) is 187 Å². The Bertz CT molecular complexity index is 829. The lowest BCUT2D eigenvalue weighted by atomic mass is 9.75. The van der Waals surface area contributed by atoms with Crippen LogP contribution in [0.15, 0.2) is 0 Å². The summed E-state index contributed by atoms with van der Waals surface area (Å²) in [5.41, 5.74) is -2.87. The lowest BCUT2D eigenvalue weighted by Crippen LogP contribution is -2.49. The van der Waals surface area contributed by atoms with Crippen LogP contribution in [0, 0.1) is 11.3 Å². The summed E-state index contributed by atoms with van der Waals surface area (Å²) in [7, 11) is -5.05. The minimum absolute atomic E-state index is 0.0802. The monoisotopic (exact) mass is 565 g/mol. The van der Waals surface area contributed by atoms with Gasteiger partial charge in [0.25, 0.3) is 0 Å². The van der Waals surface area contributed by atoms with Gasteiger partial charge in [0.05, 0.1) is 5.92 Å². The predicted octanol–water partition coefficient (Wildman–Crippen LogP) is 5.15. The van der Waals surface area contributed by atoms with E-state index in [-0.39, 0.29) is 10.7 Å². The van der Waals surface area contributed by atoms with E-state index in [1.807, 2.05) is 0 Å². The molecule has 0 saturated heterocycles. The van der Waals surface area contributed by atoms with Crippen LogP contribution in [-0.4, -0.2) is 63.0 Å². The van der Waals surface area contributed by atoms with Gasteiger partial charge in [0.1, 0.15) is 0 Å². The zero-order chi connectivity index (χ0) is 29.2. The highest BCUT2D eigenvalue weighted by Gasteiger charge is 2.53. The highest BCUT2D eigenvalue weighted by atomic mass is 32.2. The number of unbranched alkanes of at least 4 members (excludes halogenated alkanes) is 15. The normalized spacial score (nSPS) is 12.7. The molecule has 0 aliphatic rings. The van der Waals surface area contributed by atoms with Crippen molar-refractivity contribution in [2.75, 3.05) is 6.54 Å². The molecule has 1 amide bonds. The van der Waals surface area contributed by atoms with Crippen LogP contribution in [0.25, 0.3) is 0 Å². The molecule has 0 bridgehead atoms. The van der Waals surface area contributed by atoms with Gasteiger partial charge in [-0.3, -0.25) is 23.7 Å². The molecule has 0 aromatic heterocycles. The standard InChI is InChI=1S/C26H47NO10S/c1-3-4-5-6-7-8-9-10-11-12-13-14-15-16-17-18-19-27(38(35,36)37)22(28)20-21(23(29)30)26(2,24(31)32)25(33)34/h21H,3-20H2,1-2H3,(H,29,30)(H,31,32)(H,33,34)(H,35,36,37). The Morgan fingerprint density at radius 3 is 1.32 bits per heavy atom. The lowest BCUT2D eigenvalue weighted by molar-refractivity contribution is -0.175. The third kappa shape index (κ3) is 13.5. The second kappa shape index (κ2) is 18.9. The first-order valence-electron chi connectivity index (χ1n) is 13.8. The summed E-state index contributed by atoms with van der Waals surface area (Å²) >= 11 is 0. The summed E-state index contributed by atoms with van der Waals surface area (Å²) < 4.78 is 33.0. The quantitative estimate of drug-likeness (QED) is 0.0692. The van der Waals surface area contributed by atoms with Gasteiger partial charge in [0, 0.05) is 13.0 Å². The van der Waals surface area contributed by atoms with Crippen LogP contribution in [0.3, 0.4) is 0 Å². The van der Waals surface area contributed by atoms with Crippen molar-refractivity contribution in [2.24, 2.45) is 11.3 Å². The number of hydrogen-bond acceptors (Lipinski definition) is 6. The highest BCUT2D eigenvalue weighted by Crippen LogP contribution is 2.32. The molecule has 11 nitrogen and oxygen atoms in total. The number of carbonyl (C=O) groups excluding carboxylic acids is 1. The molecule has 1 atom stereocenters. The number of amides is 1. The molecule has 0 aromatic carbocycles. The van der Waals surface area contributed by atoms with Crippen LogP contribution in [0.2, 0.25) is 0 Å². The molecule has 0 rings (SSSR count). The number of rotatable bonds is 24. The minimum Gasteiger partial charge on any atom is -0.481 e. The van der Waals surface area contributed by atoms with Crippen LogP contribution < -0.4 is 0 Å². The van der Waals surface area contributed by atoms with Crippen LogP contribution in [0.1, 0.15) is 123 Å². The first-order chi connectivity index (χ1) is 17.8. The zero-order valence-corrected chi connectivity index (χ0v) is 23.7. The lowest BCUT2D eigenvalue weighted by Gasteiger charge is -2.28. The van der Waals surface area contributed by atoms with Crippen LogP contribution in [0.4, 0.5) is 0 Å². The number of carbonyl (C=O) groups is 4. The van der Waals surface area contributed by atoms with Gasteiger partial charge < -0.3 is 15.3 Å². The summed E-state index contributed by atoms with van der Waals surface area (Å²) in [4.78, 5) is 47.0. The molecule has 0 saturated carbocycles. The molecule has 0 aliphatic carbocycles. The van der Waals surface area contributed by atoms with Crippen molar-refractivity contribution < 1.29 is 47.5 Å². The Labute approximate surface area is 226 Å². The van der Waals surface area contributed by atoms with Gasteiger partial charge in [-0.25, -0.2) is 4.31 Å². The highest BCUT2D eigenvalue weighted by molar-refractivity contribution is 7.84. The average molecular weight is 566 g/mol. The zero-order valence-electron chi connectivity index (χ0n) is 22.9. The maximum absolute atomic E-state index is 12.5. The first kappa shape index (κ1) is 35.8. The molecule has 4 N–H and O–H groups in total. The molecule has 38 heavy (non-hydrogen) atoms. The Kier molecular flexibility index (Phi) is 17.8. The first-order valence-corrected chi connectivity index (χ1v) is 15.2. The minimum atomic E-state index is -5.05. The maximum atomic E-state index is 12.5. The fraction of sp³-hybridized carbons (Fsp3) is 0.846. The molecular formula is C26H47NO10S. The maximum Gasteiger partial charge on any atom is 0.362 e. The van der Waals surface area contributed by atoms with Crippen LogP contribution >= 0.6 is 0 Å². The molecule has 0 fully saturated rings. The molecule has 0 radical (unpaired) electrons. The van der Waals surface area contributed by atoms with E-state index in [1.165, 1.54) is 64.2 Å². The van der Waals surface area contributed by atoms with Gasteiger partial charge in [0.2, 0.25) is 5.91 Å². The van der Waals surface area contributed by atoms with Crippen molar-refractivity contribution in [3.8, 4) is 0 Å². The van der Waals surface area contributed by atoms with Crippen molar-refractivity contribution in [1.82, 2.24) is 4.31 Å². The molecule has 0 spiro atoms. The van der Waals surface area contributed by atoms with E-state index in [0.717, 1.165) is 25.7 Å². The van der Waals surface area contributed by atoms with E-state index in [1.54, 1.807) is 0 Å². The predicted molar refractivity (Wildman–Crippen MR) is 142 cm³/mol. The second-order valence-electron chi connectivity index (χ2n) is 10.2. The molecule has 0 aliphatic heterocycles. The largest absolute Gasteiger partial charge is 0.481 e. The smallest absolute Gasteiger partial charge is 0.362 e. The molecule has 222 valence electrons. The number of carboxylic acids is 3. The van der Waals surface area contributed by atoms with Crippen molar-refractivity contribution in [3.05, 3.63) is 0 Å². The third-order valence-corrected chi connectivity index (χ3v) is 7.98. The SMILES string of the molecule is CCCCCCCCCCCCCCCCCCN(C(=O)CC(C(=O)O)C(C)(C(=O)O)C(=O)O)S(=O)(=O)O. The van der Waals surface area contributed by atoms with E-state index in [4.69, 9.17) is 0 Å². The number of hydrogen-bond donors (Lipinski definition) is 4. The summed E-state index contributed by atoms with van der Waals surface area (Å²) in [6.07, 6.45) is 16.3. The van der Waals surface area contributed by atoms with E-state index in [0.29, 0.717) is 13.3 Å². The Hall–Kier alpha value is -2.21. The summed E-state index contributed by atoms with van der Waals surface area (Å²) in [6.45, 7) is 2.44. The second-order valence-corrected chi connectivity index (χ2v) is 11.5. The summed E-state index contributed by atoms with van der Waals surface area (Å²) in [5.74, 6) is -9.49. The van der Waals surface area contributed by atoms with Gasteiger partial charge in [-0.15, -0.1) is 0 Å². The molecule has 1 unspecified atom stereocenters. The van der Waals surface area contributed by atoms with E-state index < -0.39 is 58.4 Å². The molecule has 12 heteroatoms. The van der Waals surface area contributed by atoms with E-state index in [2.05, 4.69) is 6.92 Å². The van der Waals surface area contributed by atoms with Gasteiger partial charge in [-0.1, -0.05) is 103 Å². The van der Waals surface area contributed by atoms with E-state index >= 15 is 0 Å². The van der Waals surface area contributed by atoms with Crippen molar-refractivity contribution >= 4 is 34.1 Å². The Morgan fingerprint density at radius 2 is 1.03 bits per heavy atom. The van der Waals surface area contributed by atoms with Crippen molar-refractivity contribution in [3.63, 3.8) is 0 Å². The fourth-order valence-corrected chi connectivity index (χ4v) is 5.07.